The first-order valence-electron chi connectivity index (χ1n) is 5.64. The molecular formula is C13H11N3O2S2. The highest BCUT2D eigenvalue weighted by atomic mass is 32.2. The fraction of sp³-hybridized carbons (Fsp3) is 0. The van der Waals surface area contributed by atoms with Crippen LogP contribution < -0.4 is 11.1 Å². The molecule has 0 fully saturated rings. The summed E-state index contributed by atoms with van der Waals surface area (Å²) in [4.78, 5) is 12.0. The van der Waals surface area contributed by atoms with Crippen LogP contribution in [0.2, 0.25) is 0 Å². The molecule has 2 rings (SSSR count). The van der Waals surface area contributed by atoms with E-state index in [0.29, 0.717) is 4.90 Å². The summed E-state index contributed by atoms with van der Waals surface area (Å²) in [6, 6.07) is 13.9. The molecule has 20 heavy (non-hydrogen) atoms. The van der Waals surface area contributed by atoms with E-state index in [0.717, 1.165) is 10.6 Å². The average molecular weight is 305 g/mol. The van der Waals surface area contributed by atoms with E-state index in [9.17, 15) is 10.1 Å². The van der Waals surface area contributed by atoms with E-state index in [1.165, 1.54) is 17.8 Å². The number of para-hydroxylation sites is 2. The van der Waals surface area contributed by atoms with Gasteiger partial charge in [-0.25, -0.2) is 0 Å². The first-order valence-corrected chi connectivity index (χ1v) is 6.87. The second-order valence-corrected chi connectivity index (χ2v) is 5.34. The van der Waals surface area contributed by atoms with Crippen molar-refractivity contribution in [3.05, 3.63) is 58.6 Å². The van der Waals surface area contributed by atoms with Crippen molar-refractivity contribution < 1.29 is 4.92 Å². The van der Waals surface area contributed by atoms with E-state index in [-0.39, 0.29) is 10.8 Å². The number of hydrogen-bond donors (Lipinski definition) is 2. The Balaban J connectivity index is 2.35. The van der Waals surface area contributed by atoms with Gasteiger partial charge >= 0.3 is 0 Å². The summed E-state index contributed by atoms with van der Waals surface area (Å²) in [5.41, 5.74) is 6.26. The van der Waals surface area contributed by atoms with E-state index in [1.807, 2.05) is 24.3 Å². The Morgan fingerprint density at radius 1 is 1.15 bits per heavy atom. The summed E-state index contributed by atoms with van der Waals surface area (Å²) in [6.07, 6.45) is 0. The molecule has 0 saturated heterocycles. The van der Waals surface area contributed by atoms with Crippen molar-refractivity contribution in [2.75, 3.05) is 5.32 Å². The van der Waals surface area contributed by atoms with Gasteiger partial charge in [0.1, 0.15) is 0 Å². The SMILES string of the molecule is NC(=S)Nc1ccccc1Sc1ccccc1[N+](=O)[O-]. The normalized spacial score (nSPS) is 10.0. The number of anilines is 1. The lowest BCUT2D eigenvalue weighted by Crippen LogP contribution is -2.19. The van der Waals surface area contributed by atoms with Gasteiger partial charge in [-0.3, -0.25) is 10.1 Å². The number of nitro groups is 1. The number of nitro benzene ring substituents is 1. The van der Waals surface area contributed by atoms with Crippen LogP contribution >= 0.6 is 24.0 Å². The molecule has 0 aliphatic carbocycles. The van der Waals surface area contributed by atoms with Crippen molar-refractivity contribution in [3.63, 3.8) is 0 Å². The van der Waals surface area contributed by atoms with Crippen molar-refractivity contribution in [1.82, 2.24) is 0 Å². The predicted molar refractivity (Wildman–Crippen MR) is 84.1 cm³/mol. The highest BCUT2D eigenvalue weighted by molar-refractivity contribution is 7.99. The zero-order chi connectivity index (χ0) is 14.5. The van der Waals surface area contributed by atoms with Crippen LogP contribution in [0.4, 0.5) is 11.4 Å². The maximum absolute atomic E-state index is 11.0. The topological polar surface area (TPSA) is 81.2 Å². The minimum atomic E-state index is -0.397. The van der Waals surface area contributed by atoms with Gasteiger partial charge < -0.3 is 11.1 Å². The van der Waals surface area contributed by atoms with E-state index in [2.05, 4.69) is 5.32 Å². The second-order valence-electron chi connectivity index (χ2n) is 3.81. The molecule has 2 aromatic rings. The Morgan fingerprint density at radius 2 is 1.75 bits per heavy atom. The monoisotopic (exact) mass is 305 g/mol. The lowest BCUT2D eigenvalue weighted by Gasteiger charge is -2.10. The predicted octanol–water partition coefficient (Wildman–Crippen LogP) is 3.40. The van der Waals surface area contributed by atoms with Crippen LogP contribution in [0, 0.1) is 10.1 Å². The third-order valence-electron chi connectivity index (χ3n) is 2.43. The Morgan fingerprint density at radius 3 is 2.40 bits per heavy atom. The van der Waals surface area contributed by atoms with E-state index < -0.39 is 4.92 Å². The maximum Gasteiger partial charge on any atom is 0.283 e. The Labute approximate surface area is 125 Å². The summed E-state index contributed by atoms with van der Waals surface area (Å²) < 4.78 is 0. The zero-order valence-electron chi connectivity index (χ0n) is 10.3. The molecule has 0 atom stereocenters. The van der Waals surface area contributed by atoms with Gasteiger partial charge in [0.15, 0.2) is 5.11 Å². The summed E-state index contributed by atoms with van der Waals surface area (Å²) >= 11 is 6.11. The molecule has 0 unspecified atom stereocenters. The van der Waals surface area contributed by atoms with Gasteiger partial charge in [-0.05, 0) is 30.4 Å². The number of thiocarbonyl (C=S) groups is 1. The summed E-state index contributed by atoms with van der Waals surface area (Å²) in [5.74, 6) is 0. The number of nitrogens with two attached hydrogens (primary N) is 1. The fourth-order valence-electron chi connectivity index (χ4n) is 1.60. The summed E-state index contributed by atoms with van der Waals surface area (Å²) in [5, 5.41) is 14.0. The minimum absolute atomic E-state index is 0.0719. The Bertz CT molecular complexity index is 662. The quantitative estimate of drug-likeness (QED) is 0.512. The van der Waals surface area contributed by atoms with Crippen molar-refractivity contribution in [3.8, 4) is 0 Å². The molecule has 0 spiro atoms. The van der Waals surface area contributed by atoms with Crippen LogP contribution in [0.5, 0.6) is 0 Å². The van der Waals surface area contributed by atoms with Crippen LogP contribution in [0.3, 0.4) is 0 Å². The summed E-state index contributed by atoms with van der Waals surface area (Å²) in [6.45, 7) is 0. The first kappa shape index (κ1) is 14.3. The molecule has 0 radical (unpaired) electrons. The molecule has 2 aromatic carbocycles. The third-order valence-corrected chi connectivity index (χ3v) is 3.67. The first-order chi connectivity index (χ1) is 9.58. The van der Waals surface area contributed by atoms with E-state index >= 15 is 0 Å². The van der Waals surface area contributed by atoms with Crippen LogP contribution in [-0.4, -0.2) is 10.0 Å². The molecule has 3 N–H and O–H groups in total. The number of benzene rings is 2. The molecule has 102 valence electrons. The standard InChI is InChI=1S/C13H11N3O2S2/c14-13(19)15-9-5-1-3-7-11(9)20-12-8-4-2-6-10(12)16(17)18/h1-8H,(H3,14,15,19). The average Bonchev–Trinajstić information content (AvgIpc) is 2.41. The number of nitrogens with zero attached hydrogens (tertiary/aromatic N) is 1. The van der Waals surface area contributed by atoms with E-state index in [4.69, 9.17) is 18.0 Å². The fourth-order valence-corrected chi connectivity index (χ4v) is 2.72. The highest BCUT2D eigenvalue weighted by Gasteiger charge is 2.15. The molecule has 0 amide bonds. The van der Waals surface area contributed by atoms with Gasteiger partial charge in [-0.15, -0.1) is 0 Å². The second kappa shape index (κ2) is 6.36. The molecule has 0 aliphatic heterocycles. The van der Waals surface area contributed by atoms with Crippen LogP contribution in [0.15, 0.2) is 58.3 Å². The third kappa shape index (κ3) is 3.46. The van der Waals surface area contributed by atoms with Gasteiger partial charge in [0.2, 0.25) is 0 Å². The van der Waals surface area contributed by atoms with Crippen molar-refractivity contribution in [2.45, 2.75) is 9.79 Å². The van der Waals surface area contributed by atoms with Gasteiger partial charge in [-0.2, -0.15) is 0 Å². The van der Waals surface area contributed by atoms with Gasteiger partial charge in [0, 0.05) is 11.0 Å². The molecule has 0 heterocycles. The van der Waals surface area contributed by atoms with Crippen molar-refractivity contribution >= 4 is 40.5 Å². The zero-order valence-corrected chi connectivity index (χ0v) is 11.9. The van der Waals surface area contributed by atoms with Crippen LogP contribution in [-0.2, 0) is 0 Å². The molecule has 5 nitrogen and oxygen atoms in total. The van der Waals surface area contributed by atoms with Crippen LogP contribution in [0.1, 0.15) is 0 Å². The molecule has 7 heteroatoms. The molecule has 0 aliphatic rings. The van der Waals surface area contributed by atoms with Gasteiger partial charge in [0.05, 0.1) is 15.5 Å². The van der Waals surface area contributed by atoms with E-state index in [1.54, 1.807) is 18.2 Å². The Kier molecular flexibility index (Phi) is 4.54. The maximum atomic E-state index is 11.0. The van der Waals surface area contributed by atoms with Gasteiger partial charge in [-0.1, -0.05) is 36.0 Å². The number of nitrogens with one attached hydrogen (secondary N) is 1. The number of hydrogen-bond acceptors (Lipinski definition) is 4. The lowest BCUT2D eigenvalue weighted by atomic mass is 10.3. The lowest BCUT2D eigenvalue weighted by molar-refractivity contribution is -0.387. The summed E-state index contributed by atoms with van der Waals surface area (Å²) in [7, 11) is 0. The Hall–Kier alpha value is -2.12. The van der Waals surface area contributed by atoms with Gasteiger partial charge in [0.25, 0.3) is 5.69 Å². The minimum Gasteiger partial charge on any atom is -0.376 e. The largest absolute Gasteiger partial charge is 0.376 e. The molecular weight excluding hydrogens is 294 g/mol. The van der Waals surface area contributed by atoms with Crippen molar-refractivity contribution in [1.29, 1.82) is 0 Å². The number of rotatable bonds is 4. The molecule has 0 aromatic heterocycles. The molecule has 0 saturated carbocycles. The smallest absolute Gasteiger partial charge is 0.283 e. The van der Waals surface area contributed by atoms with Crippen molar-refractivity contribution in [2.24, 2.45) is 5.73 Å². The van der Waals surface area contributed by atoms with Crippen LogP contribution in [0.25, 0.3) is 0 Å². The molecule has 0 bridgehead atoms. The highest BCUT2D eigenvalue weighted by Crippen LogP contribution is 2.37.